The lowest BCUT2D eigenvalue weighted by molar-refractivity contribution is 0.0948. The maximum atomic E-state index is 12.3. The van der Waals surface area contributed by atoms with Crippen molar-refractivity contribution in [3.05, 3.63) is 53.6 Å². The summed E-state index contributed by atoms with van der Waals surface area (Å²) in [5.41, 5.74) is 2.89. The van der Waals surface area contributed by atoms with Gasteiger partial charge in [0.2, 0.25) is 0 Å². The minimum absolute atomic E-state index is 0.0114. The first-order valence-corrected chi connectivity index (χ1v) is 7.30. The van der Waals surface area contributed by atoms with Gasteiger partial charge in [0.15, 0.2) is 0 Å². The number of carbonyl (C=O) groups is 1. The third kappa shape index (κ3) is 3.51. The van der Waals surface area contributed by atoms with Crippen LogP contribution in [0.1, 0.15) is 41.4 Å². The zero-order valence-electron chi connectivity index (χ0n) is 13.1. The molecule has 2 aromatic rings. The largest absolute Gasteiger partial charge is 0.354 e. The molecule has 0 aliphatic heterocycles. The Balaban J connectivity index is 2.06. The summed E-state index contributed by atoms with van der Waals surface area (Å²) in [4.78, 5) is 16.5. The molecule has 0 spiro atoms. The third-order valence-electron chi connectivity index (χ3n) is 4.03. The van der Waals surface area contributed by atoms with Crippen LogP contribution in [-0.2, 0) is 7.05 Å². The number of carbonyl (C=O) groups excluding carboxylic acids is 1. The van der Waals surface area contributed by atoms with Crippen LogP contribution < -0.4 is 5.32 Å². The second-order valence-corrected chi connectivity index (χ2v) is 5.77. The maximum absolute atomic E-state index is 12.3. The van der Waals surface area contributed by atoms with Crippen molar-refractivity contribution >= 4 is 5.91 Å². The highest BCUT2D eigenvalue weighted by atomic mass is 16.1. The first-order valence-electron chi connectivity index (χ1n) is 7.30. The zero-order chi connectivity index (χ0) is 15.4. The fraction of sp³-hybridized carbons (Fsp3) is 0.412. The van der Waals surface area contributed by atoms with Crippen LogP contribution in [0.15, 0.2) is 36.8 Å². The smallest absolute Gasteiger partial charge is 0.253 e. The van der Waals surface area contributed by atoms with Gasteiger partial charge in [0.05, 0.1) is 5.56 Å². The van der Waals surface area contributed by atoms with Gasteiger partial charge in [-0.25, -0.2) is 0 Å². The molecule has 1 unspecified atom stereocenters. The minimum atomic E-state index is -0.0114. The SMILES string of the molecule is Cc1c(C(=O)NCC(c2cccnc2)C(C)C)ccn1C. The van der Waals surface area contributed by atoms with E-state index in [1.54, 1.807) is 6.20 Å². The van der Waals surface area contributed by atoms with Crippen molar-refractivity contribution in [1.82, 2.24) is 14.9 Å². The molecule has 21 heavy (non-hydrogen) atoms. The van der Waals surface area contributed by atoms with E-state index in [0.29, 0.717) is 12.5 Å². The molecule has 0 aromatic carbocycles. The van der Waals surface area contributed by atoms with Crippen molar-refractivity contribution in [3.8, 4) is 0 Å². The molecule has 1 amide bonds. The number of nitrogens with one attached hydrogen (secondary N) is 1. The molecular weight excluding hydrogens is 262 g/mol. The molecule has 0 aliphatic carbocycles. The van der Waals surface area contributed by atoms with Gasteiger partial charge in [0.25, 0.3) is 5.91 Å². The molecule has 4 heteroatoms. The highest BCUT2D eigenvalue weighted by molar-refractivity contribution is 5.95. The van der Waals surface area contributed by atoms with Crippen LogP contribution in [0.4, 0.5) is 0 Å². The highest BCUT2D eigenvalue weighted by Gasteiger charge is 2.18. The molecule has 112 valence electrons. The summed E-state index contributed by atoms with van der Waals surface area (Å²) < 4.78 is 1.95. The van der Waals surface area contributed by atoms with Gasteiger partial charge < -0.3 is 9.88 Å². The topological polar surface area (TPSA) is 46.9 Å². The average Bonchev–Trinajstić information content (AvgIpc) is 2.80. The van der Waals surface area contributed by atoms with Crippen LogP contribution in [-0.4, -0.2) is 22.0 Å². The van der Waals surface area contributed by atoms with Gasteiger partial charge in [-0.2, -0.15) is 0 Å². The van der Waals surface area contributed by atoms with Crippen LogP contribution in [0.3, 0.4) is 0 Å². The summed E-state index contributed by atoms with van der Waals surface area (Å²) in [7, 11) is 1.94. The van der Waals surface area contributed by atoms with Crippen molar-refractivity contribution in [2.45, 2.75) is 26.7 Å². The van der Waals surface area contributed by atoms with Crippen LogP contribution in [0, 0.1) is 12.8 Å². The van der Waals surface area contributed by atoms with E-state index < -0.39 is 0 Å². The molecule has 1 atom stereocenters. The summed E-state index contributed by atoms with van der Waals surface area (Å²) in [6.07, 6.45) is 5.56. The van der Waals surface area contributed by atoms with Crippen LogP contribution in [0.5, 0.6) is 0 Å². The molecule has 4 nitrogen and oxygen atoms in total. The van der Waals surface area contributed by atoms with Gasteiger partial charge in [0, 0.05) is 43.8 Å². The van der Waals surface area contributed by atoms with E-state index in [9.17, 15) is 4.79 Å². The first-order chi connectivity index (χ1) is 10.0. The van der Waals surface area contributed by atoms with Gasteiger partial charge in [-0.3, -0.25) is 9.78 Å². The van der Waals surface area contributed by atoms with Gasteiger partial charge in [-0.15, -0.1) is 0 Å². The van der Waals surface area contributed by atoms with E-state index in [-0.39, 0.29) is 11.8 Å². The summed E-state index contributed by atoms with van der Waals surface area (Å²) in [6, 6.07) is 5.87. The highest BCUT2D eigenvalue weighted by Crippen LogP contribution is 2.23. The summed E-state index contributed by atoms with van der Waals surface area (Å²) >= 11 is 0. The van der Waals surface area contributed by atoms with Gasteiger partial charge in [-0.05, 0) is 30.5 Å². The molecule has 0 aliphatic rings. The lowest BCUT2D eigenvalue weighted by Gasteiger charge is -2.21. The molecule has 2 aromatic heterocycles. The Bertz CT molecular complexity index is 602. The predicted octanol–water partition coefficient (Wildman–Crippen LogP) is 2.90. The predicted molar refractivity (Wildman–Crippen MR) is 84.3 cm³/mol. The Kier molecular flexibility index (Phi) is 4.78. The molecule has 1 N–H and O–H groups in total. The van der Waals surface area contributed by atoms with Crippen LogP contribution in [0.25, 0.3) is 0 Å². The Hall–Kier alpha value is -2.10. The lowest BCUT2D eigenvalue weighted by Crippen LogP contribution is -2.30. The molecule has 0 bridgehead atoms. The number of pyridine rings is 1. The molecule has 2 heterocycles. The fourth-order valence-electron chi connectivity index (χ4n) is 2.48. The van der Waals surface area contributed by atoms with Gasteiger partial charge in [0.1, 0.15) is 0 Å². The van der Waals surface area contributed by atoms with E-state index in [2.05, 4.69) is 30.2 Å². The summed E-state index contributed by atoms with van der Waals surface area (Å²) in [5.74, 6) is 0.695. The monoisotopic (exact) mass is 285 g/mol. The number of nitrogens with zero attached hydrogens (tertiary/aromatic N) is 2. The molecule has 0 radical (unpaired) electrons. The Labute approximate surface area is 126 Å². The molecular formula is C17H23N3O. The maximum Gasteiger partial charge on any atom is 0.253 e. The number of rotatable bonds is 5. The standard InChI is InChI=1S/C17H23N3O/c1-12(2)16(14-6-5-8-18-10-14)11-19-17(21)15-7-9-20(4)13(15)3/h5-10,12,16H,11H2,1-4H3,(H,19,21). The van der Waals surface area contributed by atoms with Crippen molar-refractivity contribution in [3.63, 3.8) is 0 Å². The summed E-state index contributed by atoms with van der Waals surface area (Å²) in [6.45, 7) is 6.90. The second-order valence-electron chi connectivity index (χ2n) is 5.77. The number of aromatic nitrogens is 2. The van der Waals surface area contributed by atoms with E-state index in [0.717, 1.165) is 16.8 Å². The first kappa shape index (κ1) is 15.3. The van der Waals surface area contributed by atoms with Crippen LogP contribution >= 0.6 is 0 Å². The van der Waals surface area contributed by atoms with Crippen molar-refractivity contribution in [2.75, 3.05) is 6.54 Å². The quantitative estimate of drug-likeness (QED) is 0.918. The molecule has 2 rings (SSSR count). The van der Waals surface area contributed by atoms with E-state index >= 15 is 0 Å². The van der Waals surface area contributed by atoms with Gasteiger partial charge in [-0.1, -0.05) is 19.9 Å². The van der Waals surface area contributed by atoms with Crippen molar-refractivity contribution in [2.24, 2.45) is 13.0 Å². The number of hydrogen-bond acceptors (Lipinski definition) is 2. The molecule has 0 saturated carbocycles. The number of hydrogen-bond donors (Lipinski definition) is 1. The van der Waals surface area contributed by atoms with E-state index in [1.807, 2.05) is 43.1 Å². The second kappa shape index (κ2) is 6.57. The average molecular weight is 285 g/mol. The zero-order valence-corrected chi connectivity index (χ0v) is 13.1. The Morgan fingerprint density at radius 1 is 1.38 bits per heavy atom. The fourth-order valence-corrected chi connectivity index (χ4v) is 2.48. The van der Waals surface area contributed by atoms with Gasteiger partial charge >= 0.3 is 0 Å². The lowest BCUT2D eigenvalue weighted by atomic mass is 9.89. The normalized spacial score (nSPS) is 12.4. The van der Waals surface area contributed by atoms with Crippen molar-refractivity contribution < 1.29 is 4.79 Å². The Morgan fingerprint density at radius 2 is 2.14 bits per heavy atom. The van der Waals surface area contributed by atoms with E-state index in [1.165, 1.54) is 0 Å². The molecule has 0 fully saturated rings. The van der Waals surface area contributed by atoms with Crippen molar-refractivity contribution in [1.29, 1.82) is 0 Å². The van der Waals surface area contributed by atoms with E-state index in [4.69, 9.17) is 0 Å². The number of amides is 1. The third-order valence-corrected chi connectivity index (χ3v) is 4.03. The minimum Gasteiger partial charge on any atom is -0.354 e. The number of aryl methyl sites for hydroxylation is 1. The Morgan fingerprint density at radius 3 is 2.67 bits per heavy atom. The summed E-state index contributed by atoms with van der Waals surface area (Å²) in [5, 5.41) is 3.05. The van der Waals surface area contributed by atoms with Crippen LogP contribution in [0.2, 0.25) is 0 Å². The molecule has 0 saturated heterocycles.